The average molecular weight is 458 g/mol. The highest BCUT2D eigenvalue weighted by Gasteiger charge is 2.31. The summed E-state index contributed by atoms with van der Waals surface area (Å²) in [7, 11) is 0. The van der Waals surface area contributed by atoms with Crippen molar-refractivity contribution in [2.75, 3.05) is 18.4 Å². The molecule has 1 aliphatic heterocycles. The van der Waals surface area contributed by atoms with Gasteiger partial charge in [0.1, 0.15) is 5.82 Å². The Morgan fingerprint density at radius 3 is 2.56 bits per heavy atom. The van der Waals surface area contributed by atoms with Gasteiger partial charge in [-0.2, -0.15) is 0 Å². The molecular formula is C18H14F3IN2O. The zero-order chi connectivity index (χ0) is 18.1. The topological polar surface area (TPSA) is 32.3 Å². The maximum atomic E-state index is 14.3. The molecule has 7 heteroatoms. The number of carbonyl (C=O) groups excluding carboxylic acids is 1. The SMILES string of the molecule is C=CC1CN(C(=O)c2ccc(F)c(F)c2Nc2ccc(I)cc2F)C1. The van der Waals surface area contributed by atoms with Crippen LogP contribution < -0.4 is 5.32 Å². The van der Waals surface area contributed by atoms with Gasteiger partial charge in [0.25, 0.3) is 5.91 Å². The van der Waals surface area contributed by atoms with E-state index in [9.17, 15) is 18.0 Å². The van der Waals surface area contributed by atoms with E-state index in [0.717, 1.165) is 6.07 Å². The van der Waals surface area contributed by atoms with E-state index in [4.69, 9.17) is 0 Å². The van der Waals surface area contributed by atoms with E-state index >= 15 is 0 Å². The molecule has 0 saturated carbocycles. The Hall–Kier alpha value is -2.03. The molecule has 1 N–H and O–H groups in total. The molecule has 1 saturated heterocycles. The quantitative estimate of drug-likeness (QED) is 0.532. The molecule has 3 rings (SSSR count). The van der Waals surface area contributed by atoms with Crippen LogP contribution in [0.2, 0.25) is 0 Å². The summed E-state index contributed by atoms with van der Waals surface area (Å²) in [6.45, 7) is 4.60. The number of amides is 1. The fraction of sp³-hybridized carbons (Fsp3) is 0.167. The van der Waals surface area contributed by atoms with Gasteiger partial charge in [0.05, 0.1) is 16.9 Å². The number of likely N-dealkylation sites (tertiary alicyclic amines) is 1. The van der Waals surface area contributed by atoms with Gasteiger partial charge in [-0.05, 0) is 52.9 Å². The number of hydrogen-bond acceptors (Lipinski definition) is 2. The lowest BCUT2D eigenvalue weighted by Gasteiger charge is -2.38. The Bertz CT molecular complexity index is 850. The first-order valence-corrected chi connectivity index (χ1v) is 8.60. The zero-order valence-corrected chi connectivity index (χ0v) is 15.2. The molecule has 2 aromatic carbocycles. The van der Waals surface area contributed by atoms with Crippen molar-refractivity contribution in [3.05, 3.63) is 69.6 Å². The minimum absolute atomic E-state index is 0.0356. The lowest BCUT2D eigenvalue weighted by Crippen LogP contribution is -2.49. The lowest BCUT2D eigenvalue weighted by molar-refractivity contribution is 0.0569. The predicted molar refractivity (Wildman–Crippen MR) is 98.3 cm³/mol. The van der Waals surface area contributed by atoms with Gasteiger partial charge in [0, 0.05) is 22.6 Å². The molecule has 1 amide bonds. The van der Waals surface area contributed by atoms with Gasteiger partial charge in [0.2, 0.25) is 0 Å². The minimum atomic E-state index is -1.22. The van der Waals surface area contributed by atoms with Crippen LogP contribution >= 0.6 is 22.6 Å². The number of nitrogens with one attached hydrogen (secondary N) is 1. The van der Waals surface area contributed by atoms with Crippen LogP contribution in [0.1, 0.15) is 10.4 Å². The van der Waals surface area contributed by atoms with Crippen LogP contribution in [0, 0.1) is 26.9 Å². The standard InChI is InChI=1S/C18H14F3IN2O/c1-2-10-8-24(9-10)18(25)12-4-5-13(19)16(21)17(12)23-15-6-3-11(22)7-14(15)20/h2-7,10,23H,1,8-9H2. The summed E-state index contributed by atoms with van der Waals surface area (Å²) in [5.74, 6) is -3.20. The molecule has 25 heavy (non-hydrogen) atoms. The Kier molecular flexibility index (Phi) is 5.03. The summed E-state index contributed by atoms with van der Waals surface area (Å²) >= 11 is 1.94. The van der Waals surface area contributed by atoms with Gasteiger partial charge < -0.3 is 10.2 Å². The van der Waals surface area contributed by atoms with Crippen molar-refractivity contribution in [3.63, 3.8) is 0 Å². The average Bonchev–Trinajstić information content (AvgIpc) is 2.53. The summed E-state index contributed by atoms with van der Waals surface area (Å²) in [5, 5.41) is 2.53. The first kappa shape index (κ1) is 17.8. The lowest BCUT2D eigenvalue weighted by atomic mass is 9.98. The number of halogens is 4. The summed E-state index contributed by atoms with van der Waals surface area (Å²) in [6, 6.07) is 6.38. The highest BCUT2D eigenvalue weighted by atomic mass is 127. The molecule has 1 aliphatic rings. The largest absolute Gasteiger partial charge is 0.350 e. The van der Waals surface area contributed by atoms with Crippen molar-refractivity contribution in [1.82, 2.24) is 4.90 Å². The van der Waals surface area contributed by atoms with Gasteiger partial charge >= 0.3 is 0 Å². The zero-order valence-electron chi connectivity index (χ0n) is 13.0. The molecule has 1 fully saturated rings. The van der Waals surface area contributed by atoms with Crippen LogP contribution in [0.5, 0.6) is 0 Å². The molecule has 0 unspecified atom stereocenters. The number of rotatable bonds is 4. The van der Waals surface area contributed by atoms with Gasteiger partial charge in [-0.1, -0.05) is 6.08 Å². The number of benzene rings is 2. The number of carbonyl (C=O) groups is 1. The Morgan fingerprint density at radius 1 is 1.20 bits per heavy atom. The molecule has 2 aromatic rings. The molecule has 0 radical (unpaired) electrons. The molecular weight excluding hydrogens is 444 g/mol. The van der Waals surface area contributed by atoms with Crippen molar-refractivity contribution in [1.29, 1.82) is 0 Å². The van der Waals surface area contributed by atoms with Crippen LogP contribution in [0.15, 0.2) is 43.0 Å². The molecule has 0 aromatic heterocycles. The fourth-order valence-electron chi connectivity index (χ4n) is 2.57. The van der Waals surface area contributed by atoms with Crippen LogP contribution in [-0.4, -0.2) is 23.9 Å². The highest BCUT2D eigenvalue weighted by Crippen LogP contribution is 2.30. The summed E-state index contributed by atoms with van der Waals surface area (Å²) in [4.78, 5) is 14.1. The number of nitrogens with zero attached hydrogens (tertiary/aromatic N) is 1. The monoisotopic (exact) mass is 458 g/mol. The van der Waals surface area contributed by atoms with E-state index in [1.807, 2.05) is 22.6 Å². The molecule has 1 heterocycles. The second-order valence-electron chi connectivity index (χ2n) is 5.74. The second-order valence-corrected chi connectivity index (χ2v) is 6.98. The summed E-state index contributed by atoms with van der Waals surface area (Å²) in [6.07, 6.45) is 1.75. The first-order valence-electron chi connectivity index (χ1n) is 7.52. The number of hydrogen-bond donors (Lipinski definition) is 1. The Labute approximate surface area is 156 Å². The fourth-order valence-corrected chi connectivity index (χ4v) is 3.03. The maximum Gasteiger partial charge on any atom is 0.256 e. The third-order valence-corrected chi connectivity index (χ3v) is 4.72. The third-order valence-electron chi connectivity index (χ3n) is 4.05. The number of anilines is 2. The normalized spacial score (nSPS) is 14.2. The molecule has 130 valence electrons. The Balaban J connectivity index is 1.96. The molecule has 0 spiro atoms. The van der Waals surface area contributed by atoms with E-state index in [1.54, 1.807) is 12.1 Å². The predicted octanol–water partition coefficient (Wildman–Crippen LogP) is 4.71. The smallest absolute Gasteiger partial charge is 0.256 e. The van der Waals surface area contributed by atoms with E-state index < -0.39 is 23.4 Å². The molecule has 3 nitrogen and oxygen atoms in total. The van der Waals surface area contributed by atoms with E-state index in [0.29, 0.717) is 16.7 Å². The van der Waals surface area contributed by atoms with Crippen LogP contribution in [0.3, 0.4) is 0 Å². The van der Waals surface area contributed by atoms with E-state index in [1.165, 1.54) is 23.1 Å². The molecule has 0 bridgehead atoms. The Morgan fingerprint density at radius 2 is 1.92 bits per heavy atom. The van der Waals surface area contributed by atoms with Gasteiger partial charge in [-0.3, -0.25) is 4.79 Å². The van der Waals surface area contributed by atoms with Gasteiger partial charge in [0.15, 0.2) is 11.6 Å². The molecule has 0 aliphatic carbocycles. The van der Waals surface area contributed by atoms with Crippen LogP contribution in [-0.2, 0) is 0 Å². The highest BCUT2D eigenvalue weighted by molar-refractivity contribution is 14.1. The molecule has 0 atom stereocenters. The van der Waals surface area contributed by atoms with Crippen LogP contribution in [0.4, 0.5) is 24.5 Å². The summed E-state index contributed by atoms with van der Waals surface area (Å²) in [5.41, 5.74) is -0.446. The van der Waals surface area contributed by atoms with Gasteiger partial charge in [-0.25, -0.2) is 13.2 Å². The third kappa shape index (κ3) is 3.51. The van der Waals surface area contributed by atoms with E-state index in [2.05, 4.69) is 11.9 Å². The van der Waals surface area contributed by atoms with Gasteiger partial charge in [-0.15, -0.1) is 6.58 Å². The first-order chi connectivity index (χ1) is 11.9. The minimum Gasteiger partial charge on any atom is -0.350 e. The maximum absolute atomic E-state index is 14.3. The van der Waals surface area contributed by atoms with Crippen molar-refractivity contribution < 1.29 is 18.0 Å². The summed E-state index contributed by atoms with van der Waals surface area (Å²) < 4.78 is 42.7. The van der Waals surface area contributed by atoms with Crippen molar-refractivity contribution in [2.45, 2.75) is 0 Å². The van der Waals surface area contributed by atoms with Crippen molar-refractivity contribution >= 4 is 39.9 Å². The van der Waals surface area contributed by atoms with Crippen LogP contribution in [0.25, 0.3) is 0 Å². The van der Waals surface area contributed by atoms with Crippen molar-refractivity contribution in [2.24, 2.45) is 5.92 Å². The van der Waals surface area contributed by atoms with E-state index in [-0.39, 0.29) is 22.9 Å². The second kappa shape index (κ2) is 7.07. The van der Waals surface area contributed by atoms with Crippen molar-refractivity contribution in [3.8, 4) is 0 Å².